The van der Waals surface area contributed by atoms with Crippen LogP contribution < -0.4 is 43.4 Å². The number of benzene rings is 2. The van der Waals surface area contributed by atoms with E-state index in [0.717, 1.165) is 90.1 Å². The third-order valence-electron chi connectivity index (χ3n) is 13.3. The molecular weight excluding hydrogens is 815 g/mol. The van der Waals surface area contributed by atoms with Crippen molar-refractivity contribution >= 4 is 47.1 Å². The van der Waals surface area contributed by atoms with Gasteiger partial charge in [0.2, 0.25) is 35.7 Å². The van der Waals surface area contributed by atoms with Crippen molar-refractivity contribution in [3.63, 3.8) is 0 Å². The van der Waals surface area contributed by atoms with Crippen LogP contribution in [0.15, 0.2) is 36.4 Å². The summed E-state index contributed by atoms with van der Waals surface area (Å²) in [7, 11) is 0. The van der Waals surface area contributed by atoms with Gasteiger partial charge in [-0.15, -0.1) is 0 Å². The standard InChI is InChI=1S/C24H36FN7.C23H34FN7O/c1-16-8-11-20(14-21(16)25)29-24-31-22(27-18-6-4-2-3-5-7-18)30-23(32-24)28-19-12-9-17(15-26)10-13-19;24-19-13-18(11-12-20(19)32)28-23-30-21(26-16-5-3-1-2-4-6-16)29-22(31-23)27-17-9-7-15(14-25)8-10-17/h8,11,14,17-19H,2-7,9-10,12-13,15,26H2,1H3,(H3,27,28,29,30,31,32);11-13,15-17,32H,1-10,14,25H2,(H3,26,27,28,29,30,31). The summed E-state index contributed by atoms with van der Waals surface area (Å²) in [4.78, 5) is 27.6. The van der Waals surface area contributed by atoms with Crippen LogP contribution in [0.1, 0.15) is 134 Å². The second kappa shape index (κ2) is 23.7. The van der Waals surface area contributed by atoms with Gasteiger partial charge in [-0.1, -0.05) is 57.4 Å². The largest absolute Gasteiger partial charge is 0.505 e. The Morgan fingerprint density at radius 1 is 0.469 bits per heavy atom. The highest BCUT2D eigenvalue weighted by molar-refractivity contribution is 5.58. The van der Waals surface area contributed by atoms with Gasteiger partial charge in [0.05, 0.1) is 0 Å². The topological polar surface area (TPSA) is 222 Å². The Kier molecular flexibility index (Phi) is 17.3. The lowest BCUT2D eigenvalue weighted by Gasteiger charge is -2.28. The van der Waals surface area contributed by atoms with Crippen LogP contribution in [0.5, 0.6) is 5.75 Å². The Morgan fingerprint density at radius 2 is 0.812 bits per heavy atom. The van der Waals surface area contributed by atoms with Crippen LogP contribution in [0, 0.1) is 30.4 Å². The molecule has 15 nitrogen and oxygen atoms in total. The third kappa shape index (κ3) is 14.4. The highest BCUT2D eigenvalue weighted by Gasteiger charge is 2.24. The smallest absolute Gasteiger partial charge is 0.233 e. The van der Waals surface area contributed by atoms with Crippen LogP contribution in [0.4, 0.5) is 55.8 Å². The van der Waals surface area contributed by atoms with Gasteiger partial charge in [0.15, 0.2) is 11.6 Å². The average molecular weight is 885 g/mol. The fourth-order valence-corrected chi connectivity index (χ4v) is 9.30. The SMILES string of the molecule is Cc1ccc(Nc2nc(NC3CCCCCC3)nc(NC3CCC(CN)CC3)n2)cc1F.NCC1CCC(Nc2nc(Nc3ccc(O)c(F)c3)nc(NC3CCCCCC3)n2)CC1. The molecule has 0 unspecified atom stereocenters. The minimum absolute atomic E-state index is 0.254. The number of nitrogens with two attached hydrogens (primary N) is 2. The van der Waals surface area contributed by atoms with E-state index in [1.54, 1.807) is 19.1 Å². The average Bonchev–Trinajstić information content (AvgIpc) is 3.72. The van der Waals surface area contributed by atoms with Gasteiger partial charge in [-0.2, -0.15) is 29.9 Å². The maximum Gasteiger partial charge on any atom is 0.233 e. The van der Waals surface area contributed by atoms with E-state index >= 15 is 0 Å². The van der Waals surface area contributed by atoms with E-state index in [2.05, 4.69) is 61.8 Å². The Bertz CT molecular complexity index is 1900. The Hall–Kier alpha value is -5.16. The summed E-state index contributed by atoms with van der Waals surface area (Å²) in [5.41, 5.74) is 13.3. The van der Waals surface area contributed by atoms with Crippen molar-refractivity contribution in [1.29, 1.82) is 0 Å². The third-order valence-corrected chi connectivity index (χ3v) is 13.3. The number of aromatic hydroxyl groups is 1. The minimum Gasteiger partial charge on any atom is -0.505 e. The summed E-state index contributed by atoms with van der Waals surface area (Å²) >= 11 is 0. The van der Waals surface area contributed by atoms with Crippen molar-refractivity contribution in [3.05, 3.63) is 53.6 Å². The molecule has 4 aliphatic rings. The van der Waals surface area contributed by atoms with E-state index in [-0.39, 0.29) is 5.82 Å². The predicted octanol–water partition coefficient (Wildman–Crippen LogP) is 9.65. The van der Waals surface area contributed by atoms with Gasteiger partial charge in [0, 0.05) is 41.6 Å². The van der Waals surface area contributed by atoms with Crippen molar-refractivity contribution in [2.24, 2.45) is 23.3 Å². The lowest BCUT2D eigenvalue weighted by Crippen LogP contribution is -2.30. The summed E-state index contributed by atoms with van der Waals surface area (Å²) in [6.45, 7) is 3.25. The molecule has 64 heavy (non-hydrogen) atoms. The van der Waals surface area contributed by atoms with Crippen LogP contribution in [0.25, 0.3) is 0 Å². The van der Waals surface area contributed by atoms with Crippen molar-refractivity contribution in [3.8, 4) is 5.75 Å². The van der Waals surface area contributed by atoms with Gasteiger partial charge < -0.3 is 48.5 Å². The molecule has 0 amide bonds. The Balaban J connectivity index is 0.000000191. The first-order valence-corrected chi connectivity index (χ1v) is 23.9. The van der Waals surface area contributed by atoms with Gasteiger partial charge in [-0.05, 0) is 139 Å². The van der Waals surface area contributed by atoms with E-state index < -0.39 is 11.6 Å². The zero-order valence-electron chi connectivity index (χ0n) is 37.5. The highest BCUT2D eigenvalue weighted by Crippen LogP contribution is 2.29. The fourth-order valence-electron chi connectivity index (χ4n) is 9.30. The van der Waals surface area contributed by atoms with Gasteiger partial charge in [-0.3, -0.25) is 0 Å². The van der Waals surface area contributed by atoms with Crippen LogP contribution in [-0.4, -0.2) is 72.3 Å². The molecule has 0 atom stereocenters. The number of aromatic nitrogens is 6. The maximum atomic E-state index is 14.0. The van der Waals surface area contributed by atoms with Gasteiger partial charge >= 0.3 is 0 Å². The number of hydrogen-bond acceptors (Lipinski definition) is 15. The first kappa shape index (κ1) is 46.8. The number of halogens is 2. The molecule has 4 saturated carbocycles. The van der Waals surface area contributed by atoms with E-state index in [1.165, 1.54) is 69.6 Å². The van der Waals surface area contributed by atoms with Gasteiger partial charge in [0.1, 0.15) is 5.82 Å². The van der Waals surface area contributed by atoms with Crippen molar-refractivity contribution in [1.82, 2.24) is 29.9 Å². The zero-order chi connectivity index (χ0) is 44.7. The molecule has 4 aliphatic carbocycles. The molecular formula is C47H70F2N14O. The molecule has 0 bridgehead atoms. The number of phenolic OH excluding ortho intramolecular Hbond substituents is 1. The number of nitrogens with one attached hydrogen (secondary N) is 6. The monoisotopic (exact) mass is 885 g/mol. The van der Waals surface area contributed by atoms with Gasteiger partial charge in [-0.25, -0.2) is 8.78 Å². The number of phenols is 1. The predicted molar refractivity (Wildman–Crippen MR) is 252 cm³/mol. The summed E-state index contributed by atoms with van der Waals surface area (Å²) in [5, 5.41) is 29.6. The van der Waals surface area contributed by atoms with Crippen LogP contribution >= 0.6 is 0 Å². The maximum absolute atomic E-state index is 14.0. The second-order valence-corrected chi connectivity index (χ2v) is 18.4. The minimum atomic E-state index is -0.698. The van der Waals surface area contributed by atoms with Crippen molar-refractivity contribution < 1.29 is 13.9 Å². The number of nitrogens with zero attached hydrogens (tertiary/aromatic N) is 6. The number of rotatable bonds is 14. The lowest BCUT2D eigenvalue weighted by molar-refractivity contribution is 0.344. The molecule has 2 aromatic heterocycles. The highest BCUT2D eigenvalue weighted by atomic mass is 19.1. The number of anilines is 8. The Morgan fingerprint density at radius 3 is 1.17 bits per heavy atom. The lowest BCUT2D eigenvalue weighted by atomic mass is 9.86. The molecule has 0 spiro atoms. The second-order valence-electron chi connectivity index (χ2n) is 18.4. The first-order chi connectivity index (χ1) is 31.2. The number of hydrogen-bond donors (Lipinski definition) is 9. The first-order valence-electron chi connectivity index (χ1n) is 23.9. The fraction of sp³-hybridized carbons (Fsp3) is 0.617. The summed E-state index contributed by atoms with van der Waals surface area (Å²) < 4.78 is 27.8. The molecule has 8 rings (SSSR count). The molecule has 0 radical (unpaired) electrons. The van der Waals surface area contributed by atoms with Crippen molar-refractivity contribution in [2.45, 2.75) is 160 Å². The van der Waals surface area contributed by atoms with Crippen LogP contribution in [0.3, 0.4) is 0 Å². The van der Waals surface area contributed by atoms with E-state index in [9.17, 15) is 13.9 Å². The molecule has 17 heteroatoms. The summed E-state index contributed by atoms with van der Waals surface area (Å²) in [6, 6.07) is 10.5. The number of aryl methyl sites for hydroxylation is 1. The van der Waals surface area contributed by atoms with Gasteiger partial charge in [0.25, 0.3) is 0 Å². The van der Waals surface area contributed by atoms with E-state index in [4.69, 9.17) is 11.5 Å². The molecule has 0 saturated heterocycles. The van der Waals surface area contributed by atoms with Crippen molar-refractivity contribution in [2.75, 3.05) is 45.0 Å². The van der Waals surface area contributed by atoms with Crippen LogP contribution in [0.2, 0.25) is 0 Å². The van der Waals surface area contributed by atoms with E-state index in [1.807, 2.05) is 6.07 Å². The Labute approximate surface area is 377 Å². The molecule has 2 aromatic carbocycles. The van der Waals surface area contributed by atoms with E-state index in [0.29, 0.717) is 88.6 Å². The molecule has 4 aromatic rings. The van der Waals surface area contributed by atoms with Crippen LogP contribution in [-0.2, 0) is 0 Å². The molecule has 0 aliphatic heterocycles. The normalized spacial score (nSPS) is 22.2. The molecule has 11 N–H and O–H groups in total. The quantitative estimate of drug-likeness (QED) is 0.0425. The molecule has 4 fully saturated rings. The molecule has 2 heterocycles. The molecule has 348 valence electrons. The zero-order valence-corrected chi connectivity index (χ0v) is 37.5. The summed E-state index contributed by atoms with van der Waals surface area (Å²) in [5.74, 6) is 2.78. The summed E-state index contributed by atoms with van der Waals surface area (Å²) in [6.07, 6.45) is 23.1.